The second kappa shape index (κ2) is 6.44. The molecule has 2 N–H and O–H groups in total. The summed E-state index contributed by atoms with van der Waals surface area (Å²) in [4.78, 5) is 22.2. The number of carboxylic acid groups (broad SMARTS) is 1. The van der Waals surface area contributed by atoms with E-state index in [1.807, 2.05) is 0 Å². The fraction of sp³-hybridized carbons (Fsp3) is 0.333. The van der Waals surface area contributed by atoms with Crippen LogP contribution in [0.25, 0.3) is 0 Å². The quantitative estimate of drug-likeness (QED) is 0.716. The van der Waals surface area contributed by atoms with Gasteiger partial charge in [0.2, 0.25) is 10.0 Å². The summed E-state index contributed by atoms with van der Waals surface area (Å²) in [6.07, 6.45) is -0.335. The van der Waals surface area contributed by atoms with Crippen LogP contribution in [-0.2, 0) is 14.8 Å². The van der Waals surface area contributed by atoms with Crippen LogP contribution in [0, 0.1) is 0 Å². The summed E-state index contributed by atoms with van der Waals surface area (Å²) in [6.45, 7) is 1.43. The van der Waals surface area contributed by atoms with Gasteiger partial charge in [0.05, 0.1) is 6.42 Å². The summed E-state index contributed by atoms with van der Waals surface area (Å²) in [6, 6.07) is 7.29. The van der Waals surface area contributed by atoms with Gasteiger partial charge in [-0.1, -0.05) is 30.3 Å². The van der Waals surface area contributed by atoms with Crippen molar-refractivity contribution in [3.63, 3.8) is 0 Å². The van der Waals surface area contributed by atoms with Crippen molar-refractivity contribution in [2.24, 2.45) is 0 Å². The molecule has 0 bridgehead atoms. The Labute approximate surface area is 111 Å². The van der Waals surface area contributed by atoms with E-state index in [0.717, 1.165) is 0 Å². The molecule has 0 heterocycles. The molecule has 1 aromatic carbocycles. The maximum Gasteiger partial charge on any atom is 0.304 e. The molecule has 0 radical (unpaired) electrons. The first-order valence-electron chi connectivity index (χ1n) is 5.60. The monoisotopic (exact) mass is 285 g/mol. The predicted molar refractivity (Wildman–Crippen MR) is 69.4 cm³/mol. The van der Waals surface area contributed by atoms with E-state index in [-0.39, 0.29) is 6.42 Å². The standard InChI is InChI=1S/C12H15NO5S/c1-9(7-12(15)16)13-19(17,18)8-11(14)10-5-3-2-4-6-10/h2-6,9,13H,7-8H2,1H3,(H,15,16). The van der Waals surface area contributed by atoms with Crippen molar-refractivity contribution < 1.29 is 23.1 Å². The van der Waals surface area contributed by atoms with Crippen molar-refractivity contribution in [2.75, 3.05) is 5.75 Å². The Morgan fingerprint density at radius 1 is 1.26 bits per heavy atom. The van der Waals surface area contributed by atoms with Crippen LogP contribution in [0.2, 0.25) is 0 Å². The molecule has 1 aromatic rings. The minimum atomic E-state index is -3.84. The Balaban J connectivity index is 2.65. The summed E-state index contributed by atoms with van der Waals surface area (Å²) >= 11 is 0. The van der Waals surface area contributed by atoms with Crippen LogP contribution in [0.3, 0.4) is 0 Å². The molecule has 7 heteroatoms. The number of ketones is 1. The molecular weight excluding hydrogens is 270 g/mol. The molecule has 1 rings (SSSR count). The highest BCUT2D eigenvalue weighted by molar-refractivity contribution is 7.90. The number of hydrogen-bond acceptors (Lipinski definition) is 4. The normalized spacial score (nSPS) is 12.9. The zero-order valence-corrected chi connectivity index (χ0v) is 11.2. The molecule has 1 atom stereocenters. The molecular formula is C12H15NO5S. The molecule has 0 fully saturated rings. The fourth-order valence-corrected chi connectivity index (χ4v) is 2.82. The van der Waals surface area contributed by atoms with Crippen LogP contribution in [0.15, 0.2) is 30.3 Å². The van der Waals surface area contributed by atoms with Crippen molar-refractivity contribution >= 4 is 21.8 Å². The summed E-state index contributed by atoms with van der Waals surface area (Å²) in [5, 5.41) is 8.54. The molecule has 19 heavy (non-hydrogen) atoms. The lowest BCUT2D eigenvalue weighted by atomic mass is 10.2. The third-order valence-corrected chi connectivity index (χ3v) is 3.68. The minimum absolute atomic E-state index is 0.304. The second-order valence-electron chi connectivity index (χ2n) is 4.17. The molecule has 0 aliphatic heterocycles. The molecule has 0 aliphatic carbocycles. The lowest BCUT2D eigenvalue weighted by molar-refractivity contribution is -0.137. The number of hydrogen-bond donors (Lipinski definition) is 2. The summed E-state index contributed by atoms with van der Waals surface area (Å²) < 4.78 is 25.5. The van der Waals surface area contributed by atoms with E-state index in [4.69, 9.17) is 5.11 Å². The zero-order valence-electron chi connectivity index (χ0n) is 10.4. The van der Waals surface area contributed by atoms with Crippen LogP contribution < -0.4 is 4.72 Å². The number of carboxylic acids is 1. The lowest BCUT2D eigenvalue weighted by Gasteiger charge is -2.11. The van der Waals surface area contributed by atoms with Gasteiger partial charge in [-0.15, -0.1) is 0 Å². The van der Waals surface area contributed by atoms with Gasteiger partial charge >= 0.3 is 5.97 Å². The van der Waals surface area contributed by atoms with E-state index < -0.39 is 33.6 Å². The molecule has 0 amide bonds. The Morgan fingerprint density at radius 3 is 2.37 bits per heavy atom. The average molecular weight is 285 g/mol. The van der Waals surface area contributed by atoms with Gasteiger partial charge in [-0.25, -0.2) is 13.1 Å². The number of rotatable bonds is 7. The highest BCUT2D eigenvalue weighted by Gasteiger charge is 2.21. The van der Waals surface area contributed by atoms with Crippen LogP contribution in [-0.4, -0.2) is 37.1 Å². The molecule has 6 nitrogen and oxygen atoms in total. The first-order valence-corrected chi connectivity index (χ1v) is 7.25. The Morgan fingerprint density at radius 2 is 1.84 bits per heavy atom. The maximum atomic E-state index is 11.7. The first kappa shape index (κ1) is 15.3. The molecule has 1 unspecified atom stereocenters. The fourth-order valence-electron chi connectivity index (χ4n) is 1.53. The maximum absolute atomic E-state index is 11.7. The summed E-state index contributed by atoms with van der Waals surface area (Å²) in [5.41, 5.74) is 0.304. The number of nitrogens with one attached hydrogen (secondary N) is 1. The van der Waals surface area contributed by atoms with Gasteiger partial charge < -0.3 is 5.11 Å². The van der Waals surface area contributed by atoms with Gasteiger partial charge in [0.1, 0.15) is 5.75 Å². The minimum Gasteiger partial charge on any atom is -0.481 e. The van der Waals surface area contributed by atoms with Crippen molar-refractivity contribution in [3.05, 3.63) is 35.9 Å². The van der Waals surface area contributed by atoms with Gasteiger partial charge in [-0.3, -0.25) is 9.59 Å². The average Bonchev–Trinajstić information content (AvgIpc) is 2.27. The molecule has 0 saturated carbocycles. The van der Waals surface area contributed by atoms with E-state index in [0.29, 0.717) is 5.56 Å². The van der Waals surface area contributed by atoms with E-state index in [1.54, 1.807) is 18.2 Å². The third-order valence-electron chi connectivity index (χ3n) is 2.28. The summed E-state index contributed by atoms with van der Waals surface area (Å²) in [5.74, 6) is -2.33. The number of Topliss-reactive ketones (excluding diaryl/α,β-unsaturated/α-hetero) is 1. The van der Waals surface area contributed by atoms with Crippen LogP contribution >= 0.6 is 0 Å². The van der Waals surface area contributed by atoms with Crippen molar-refractivity contribution in [1.82, 2.24) is 4.72 Å². The number of aliphatic carboxylic acids is 1. The molecule has 0 spiro atoms. The largest absolute Gasteiger partial charge is 0.481 e. The predicted octanol–water partition coefficient (Wildman–Crippen LogP) is 0.652. The van der Waals surface area contributed by atoms with Crippen molar-refractivity contribution in [1.29, 1.82) is 0 Å². The van der Waals surface area contributed by atoms with Gasteiger partial charge in [0, 0.05) is 11.6 Å². The zero-order chi connectivity index (χ0) is 14.5. The molecule has 104 valence electrons. The van der Waals surface area contributed by atoms with E-state index in [1.165, 1.54) is 19.1 Å². The first-order chi connectivity index (χ1) is 8.80. The summed E-state index contributed by atoms with van der Waals surface area (Å²) in [7, 11) is -3.84. The van der Waals surface area contributed by atoms with Crippen LogP contribution in [0.5, 0.6) is 0 Å². The van der Waals surface area contributed by atoms with Crippen molar-refractivity contribution in [2.45, 2.75) is 19.4 Å². The Bertz CT molecular complexity index is 553. The van der Waals surface area contributed by atoms with Gasteiger partial charge in [0.15, 0.2) is 5.78 Å². The molecule has 0 aliphatic rings. The molecule has 0 aromatic heterocycles. The molecule has 0 saturated heterocycles. The highest BCUT2D eigenvalue weighted by Crippen LogP contribution is 2.03. The number of carbonyl (C=O) groups excluding carboxylic acids is 1. The van der Waals surface area contributed by atoms with Gasteiger partial charge in [-0.05, 0) is 6.92 Å². The SMILES string of the molecule is CC(CC(=O)O)NS(=O)(=O)CC(=O)c1ccccc1. The second-order valence-corrected chi connectivity index (χ2v) is 5.92. The topological polar surface area (TPSA) is 101 Å². The van der Waals surface area contributed by atoms with E-state index in [2.05, 4.69) is 4.72 Å². The Kier molecular flexibility index (Phi) is 5.20. The van der Waals surface area contributed by atoms with E-state index in [9.17, 15) is 18.0 Å². The van der Waals surface area contributed by atoms with Gasteiger partial charge in [0.25, 0.3) is 0 Å². The lowest BCUT2D eigenvalue weighted by Crippen LogP contribution is -2.37. The smallest absolute Gasteiger partial charge is 0.304 e. The third kappa shape index (κ3) is 5.62. The van der Waals surface area contributed by atoms with Gasteiger partial charge in [-0.2, -0.15) is 0 Å². The van der Waals surface area contributed by atoms with E-state index >= 15 is 0 Å². The van der Waals surface area contributed by atoms with Crippen LogP contribution in [0.1, 0.15) is 23.7 Å². The number of carbonyl (C=O) groups is 2. The number of benzene rings is 1. The highest BCUT2D eigenvalue weighted by atomic mass is 32.2. The van der Waals surface area contributed by atoms with Crippen LogP contribution in [0.4, 0.5) is 0 Å². The Hall–Kier alpha value is -1.73. The number of sulfonamides is 1. The van der Waals surface area contributed by atoms with Crippen molar-refractivity contribution in [3.8, 4) is 0 Å².